The number of hydrogen-bond donors (Lipinski definition) is 0. The van der Waals surface area contributed by atoms with Gasteiger partial charge in [0.1, 0.15) is 12.1 Å². The Bertz CT molecular complexity index is 670. The Balaban J connectivity index is 2.59. The van der Waals surface area contributed by atoms with E-state index in [2.05, 4.69) is 53.7 Å². The third-order valence-corrected chi connectivity index (χ3v) is 4.39. The number of allylic oxidation sites excluding steroid dienone is 5. The first-order chi connectivity index (χ1) is 11.0. The maximum absolute atomic E-state index is 13.1. The molecule has 1 aliphatic carbocycles. The highest BCUT2D eigenvalue weighted by Gasteiger charge is 2.35. The van der Waals surface area contributed by atoms with Crippen LogP contribution < -0.4 is 0 Å². The molecule has 0 spiro atoms. The number of halogens is 1. The highest BCUT2D eigenvalue weighted by atomic mass is 19.1. The maximum atomic E-state index is 13.1. The first-order valence-electron chi connectivity index (χ1n) is 8.39. The molecule has 0 saturated carbocycles. The van der Waals surface area contributed by atoms with Crippen LogP contribution in [0, 0.1) is 22.6 Å². The molecular weight excluding hydrogens is 299 g/mol. The van der Waals surface area contributed by atoms with Gasteiger partial charge in [0.2, 0.25) is 0 Å². The molecule has 0 fully saturated rings. The summed E-state index contributed by atoms with van der Waals surface area (Å²) < 4.78 is 13.1. The van der Waals surface area contributed by atoms with E-state index in [4.69, 9.17) is 0 Å². The lowest BCUT2D eigenvalue weighted by atomic mass is 9.67. The Morgan fingerprint density at radius 2 is 1.33 bits per heavy atom. The van der Waals surface area contributed by atoms with E-state index < -0.39 is 0 Å². The summed E-state index contributed by atoms with van der Waals surface area (Å²) in [6.07, 6.45) is 7.32. The molecule has 1 aromatic rings. The lowest BCUT2D eigenvalue weighted by Crippen LogP contribution is -2.28. The van der Waals surface area contributed by atoms with Crippen LogP contribution in [-0.4, -0.2) is 6.29 Å². The van der Waals surface area contributed by atoms with Crippen LogP contribution in [0.15, 0.2) is 53.1 Å². The molecule has 2 heteroatoms. The van der Waals surface area contributed by atoms with Gasteiger partial charge in [0.25, 0.3) is 0 Å². The number of rotatable bonds is 2. The monoisotopic (exact) mass is 326 g/mol. The van der Waals surface area contributed by atoms with Crippen LogP contribution in [0.25, 0.3) is 6.08 Å². The van der Waals surface area contributed by atoms with Crippen LogP contribution >= 0.6 is 0 Å². The van der Waals surface area contributed by atoms with Gasteiger partial charge in [-0.15, -0.1) is 0 Å². The normalized spacial score (nSPS) is 18.8. The lowest BCUT2D eigenvalue weighted by Gasteiger charge is -2.37. The molecule has 0 aliphatic heterocycles. The van der Waals surface area contributed by atoms with Crippen molar-refractivity contribution in [2.24, 2.45) is 16.7 Å². The second kappa shape index (κ2) is 6.51. The van der Waals surface area contributed by atoms with Gasteiger partial charge in [0.15, 0.2) is 0 Å². The molecule has 0 atom stereocenters. The van der Waals surface area contributed by atoms with Gasteiger partial charge in [-0.05, 0) is 51.3 Å². The molecule has 24 heavy (non-hydrogen) atoms. The van der Waals surface area contributed by atoms with Crippen LogP contribution in [0.5, 0.6) is 0 Å². The quantitative estimate of drug-likeness (QED) is 0.611. The molecule has 0 radical (unpaired) electrons. The van der Waals surface area contributed by atoms with E-state index in [0.717, 1.165) is 28.6 Å². The summed E-state index contributed by atoms with van der Waals surface area (Å²) in [5, 5.41) is 0. The van der Waals surface area contributed by atoms with Crippen LogP contribution in [0.4, 0.5) is 4.39 Å². The van der Waals surface area contributed by atoms with Crippen molar-refractivity contribution < 1.29 is 9.18 Å². The highest BCUT2D eigenvalue weighted by molar-refractivity contribution is 5.72. The van der Waals surface area contributed by atoms with Gasteiger partial charge in [0.05, 0.1) is 5.92 Å². The maximum Gasteiger partial charge on any atom is 0.131 e. The summed E-state index contributed by atoms with van der Waals surface area (Å²) in [5.74, 6) is -0.422. The summed E-state index contributed by atoms with van der Waals surface area (Å²) in [6, 6.07) is 6.46. The van der Waals surface area contributed by atoms with Crippen molar-refractivity contribution >= 4 is 12.4 Å². The molecule has 0 aromatic heterocycles. The van der Waals surface area contributed by atoms with E-state index in [-0.39, 0.29) is 22.6 Å². The zero-order valence-corrected chi connectivity index (χ0v) is 15.5. The summed E-state index contributed by atoms with van der Waals surface area (Å²) in [6.45, 7) is 12.8. The first kappa shape index (κ1) is 18.4. The SMILES string of the molecule is CC(C)(C)C1=CC(=Cc2ccc(F)cc2)C=C(C(C)(C)C)C1C=O. The van der Waals surface area contributed by atoms with Gasteiger partial charge < -0.3 is 4.79 Å². The summed E-state index contributed by atoms with van der Waals surface area (Å²) in [7, 11) is 0. The predicted molar refractivity (Wildman–Crippen MR) is 99.0 cm³/mol. The van der Waals surface area contributed by atoms with E-state index in [1.54, 1.807) is 12.1 Å². The van der Waals surface area contributed by atoms with Gasteiger partial charge in [-0.2, -0.15) is 0 Å². The summed E-state index contributed by atoms with van der Waals surface area (Å²) in [4.78, 5) is 11.8. The Kier molecular flexibility index (Phi) is 4.98. The average Bonchev–Trinajstić information content (AvgIpc) is 2.47. The van der Waals surface area contributed by atoms with Gasteiger partial charge >= 0.3 is 0 Å². The highest BCUT2D eigenvalue weighted by Crippen LogP contribution is 2.44. The van der Waals surface area contributed by atoms with Crippen LogP contribution in [-0.2, 0) is 4.79 Å². The standard InChI is InChI=1S/C22H27FO/c1-21(2,3)19-12-16(11-15-7-9-17(23)10-8-15)13-20(18(19)14-24)22(4,5)6/h7-14,18H,1-6H3. The lowest BCUT2D eigenvalue weighted by molar-refractivity contribution is -0.109. The molecule has 0 bridgehead atoms. The Hall–Kier alpha value is -1.96. The van der Waals surface area contributed by atoms with E-state index in [1.165, 1.54) is 12.1 Å². The molecule has 1 nitrogen and oxygen atoms in total. The summed E-state index contributed by atoms with van der Waals surface area (Å²) in [5.41, 5.74) is 4.05. The van der Waals surface area contributed by atoms with Gasteiger partial charge in [0, 0.05) is 0 Å². The fourth-order valence-electron chi connectivity index (χ4n) is 3.10. The van der Waals surface area contributed by atoms with Crippen molar-refractivity contribution in [2.45, 2.75) is 41.5 Å². The molecule has 0 heterocycles. The third-order valence-electron chi connectivity index (χ3n) is 4.39. The van der Waals surface area contributed by atoms with Crippen molar-refractivity contribution in [2.75, 3.05) is 0 Å². The summed E-state index contributed by atoms with van der Waals surface area (Å²) >= 11 is 0. The zero-order chi connectivity index (χ0) is 18.1. The van der Waals surface area contributed by atoms with Crippen molar-refractivity contribution in [1.82, 2.24) is 0 Å². The van der Waals surface area contributed by atoms with Gasteiger partial charge in [-0.25, -0.2) is 4.39 Å². The molecule has 0 N–H and O–H groups in total. The molecule has 0 amide bonds. The second-order valence-corrected chi connectivity index (χ2v) is 8.51. The molecule has 128 valence electrons. The van der Waals surface area contributed by atoms with Crippen LogP contribution in [0.3, 0.4) is 0 Å². The van der Waals surface area contributed by atoms with Crippen molar-refractivity contribution in [3.05, 3.63) is 64.5 Å². The van der Waals surface area contributed by atoms with Crippen LogP contribution in [0.2, 0.25) is 0 Å². The molecule has 0 saturated heterocycles. The Morgan fingerprint density at radius 3 is 1.71 bits per heavy atom. The van der Waals surface area contributed by atoms with Gasteiger partial charge in [-0.3, -0.25) is 0 Å². The minimum atomic E-state index is -0.237. The number of carbonyl (C=O) groups is 1. The number of carbonyl (C=O) groups excluding carboxylic acids is 1. The van der Waals surface area contributed by atoms with E-state index >= 15 is 0 Å². The minimum absolute atomic E-state index is 0.0990. The number of aldehydes is 1. The second-order valence-electron chi connectivity index (χ2n) is 8.51. The molecule has 2 rings (SSSR count). The topological polar surface area (TPSA) is 17.1 Å². The van der Waals surface area contributed by atoms with E-state index in [9.17, 15) is 9.18 Å². The zero-order valence-electron chi connectivity index (χ0n) is 15.5. The van der Waals surface area contributed by atoms with Crippen molar-refractivity contribution in [3.8, 4) is 0 Å². The van der Waals surface area contributed by atoms with E-state index in [1.807, 2.05) is 6.08 Å². The predicted octanol–water partition coefficient (Wildman–Crippen LogP) is 5.98. The van der Waals surface area contributed by atoms with Crippen molar-refractivity contribution in [1.29, 1.82) is 0 Å². The van der Waals surface area contributed by atoms with Crippen LogP contribution in [0.1, 0.15) is 47.1 Å². The smallest absolute Gasteiger partial charge is 0.131 e. The molecule has 1 aromatic carbocycles. The van der Waals surface area contributed by atoms with Crippen molar-refractivity contribution in [3.63, 3.8) is 0 Å². The Morgan fingerprint density at radius 1 is 0.875 bits per heavy atom. The largest absolute Gasteiger partial charge is 0.302 e. The third kappa shape index (κ3) is 4.11. The number of hydrogen-bond acceptors (Lipinski definition) is 1. The average molecular weight is 326 g/mol. The van der Waals surface area contributed by atoms with E-state index in [0.29, 0.717) is 0 Å². The fourth-order valence-corrected chi connectivity index (χ4v) is 3.10. The molecule has 1 aliphatic rings. The molecule has 0 unspecified atom stereocenters. The Labute approximate surface area is 145 Å². The first-order valence-corrected chi connectivity index (χ1v) is 8.39. The fraction of sp³-hybridized carbons (Fsp3) is 0.409. The van der Waals surface area contributed by atoms with Gasteiger partial charge in [-0.1, -0.05) is 65.8 Å². The minimum Gasteiger partial charge on any atom is -0.302 e. The number of benzene rings is 1. The molecular formula is C22H27FO.